The molecule has 198 valence electrons. The highest BCUT2D eigenvalue weighted by molar-refractivity contribution is 6.00. The van der Waals surface area contributed by atoms with E-state index >= 15 is 0 Å². The van der Waals surface area contributed by atoms with Gasteiger partial charge in [-0.2, -0.15) is 0 Å². The molecule has 0 aliphatic heterocycles. The van der Waals surface area contributed by atoms with Gasteiger partial charge in [0.1, 0.15) is 30.3 Å². The van der Waals surface area contributed by atoms with Crippen LogP contribution < -0.4 is 10.6 Å². The minimum Gasteiger partial charge on any atom is -0.358 e. The quantitative estimate of drug-likeness (QED) is 0.110. The van der Waals surface area contributed by atoms with Crippen LogP contribution in [-0.2, 0) is 18.4 Å². The molecule has 0 unspecified atom stereocenters. The second-order valence-corrected chi connectivity index (χ2v) is 9.32. The van der Waals surface area contributed by atoms with Gasteiger partial charge in [0.05, 0.1) is 37.9 Å². The maximum atomic E-state index is 13.8. The Bertz CT molecular complexity index is 1640. The van der Waals surface area contributed by atoms with Crippen LogP contribution in [0.25, 0.3) is 10.9 Å². The van der Waals surface area contributed by atoms with Gasteiger partial charge in [-0.15, -0.1) is 6.42 Å². The van der Waals surface area contributed by atoms with Crippen molar-refractivity contribution in [3.63, 3.8) is 0 Å². The average molecular weight is 531 g/mol. The second-order valence-electron chi connectivity index (χ2n) is 9.32. The zero-order valence-electron chi connectivity index (χ0n) is 21.4. The number of rotatable bonds is 9. The molecular formula is C26H25FN9O3+. The van der Waals surface area contributed by atoms with E-state index < -0.39 is 16.6 Å². The molecule has 0 aliphatic carbocycles. The number of hydrogen-bond acceptors (Lipinski definition) is 8. The Morgan fingerprint density at radius 3 is 2.79 bits per heavy atom. The lowest BCUT2D eigenvalue weighted by atomic mass is 10.2. The van der Waals surface area contributed by atoms with Crippen molar-refractivity contribution < 1.29 is 18.6 Å². The number of amides is 1. The minimum absolute atomic E-state index is 0.111. The van der Waals surface area contributed by atoms with Gasteiger partial charge >= 0.3 is 5.82 Å². The van der Waals surface area contributed by atoms with Crippen molar-refractivity contribution in [3.05, 3.63) is 82.5 Å². The number of imidazole rings is 1. The fourth-order valence-electron chi connectivity index (χ4n) is 3.84. The molecule has 1 aromatic carbocycles. The number of nitro groups is 1. The number of pyridine rings is 1. The van der Waals surface area contributed by atoms with Crippen LogP contribution in [-0.4, -0.2) is 60.5 Å². The first-order chi connectivity index (χ1) is 18.6. The van der Waals surface area contributed by atoms with Crippen LogP contribution in [0.5, 0.6) is 0 Å². The summed E-state index contributed by atoms with van der Waals surface area (Å²) in [5, 5.41) is 17.6. The molecule has 0 bridgehead atoms. The van der Waals surface area contributed by atoms with Crippen LogP contribution in [0, 0.1) is 28.3 Å². The number of anilines is 3. The number of benzene rings is 1. The number of likely N-dealkylation sites (N-methyl/N-ethyl adjacent to an activating group) is 1. The van der Waals surface area contributed by atoms with E-state index in [0.29, 0.717) is 45.7 Å². The fraction of sp³-hybridized carbons (Fsp3) is 0.192. The van der Waals surface area contributed by atoms with E-state index in [0.717, 1.165) is 0 Å². The molecule has 0 spiro atoms. The van der Waals surface area contributed by atoms with Crippen molar-refractivity contribution in [1.82, 2.24) is 24.5 Å². The highest BCUT2D eigenvalue weighted by atomic mass is 19.1. The smallest absolute Gasteiger partial charge is 0.358 e. The number of quaternary nitrogens is 1. The number of aromatic nitrogens is 5. The summed E-state index contributed by atoms with van der Waals surface area (Å²) >= 11 is 0. The fourth-order valence-corrected chi connectivity index (χ4v) is 3.84. The summed E-state index contributed by atoms with van der Waals surface area (Å²) in [6, 6.07) is 5.91. The summed E-state index contributed by atoms with van der Waals surface area (Å²) in [6.45, 7) is 0.776. The molecule has 4 rings (SSSR count). The molecule has 0 aliphatic rings. The first kappa shape index (κ1) is 26.8. The van der Waals surface area contributed by atoms with Gasteiger partial charge in [0.2, 0.25) is 12.2 Å². The number of hydrogen-bond donors (Lipinski definition) is 2. The average Bonchev–Trinajstić information content (AvgIpc) is 3.24. The van der Waals surface area contributed by atoms with E-state index in [1.165, 1.54) is 43.1 Å². The Kier molecular flexibility index (Phi) is 7.59. The lowest BCUT2D eigenvalue weighted by Crippen LogP contribution is -2.39. The molecule has 0 saturated heterocycles. The van der Waals surface area contributed by atoms with Crippen molar-refractivity contribution >= 4 is 40.0 Å². The lowest BCUT2D eigenvalue weighted by Gasteiger charge is -2.27. The van der Waals surface area contributed by atoms with Gasteiger partial charge in [0.25, 0.3) is 0 Å². The van der Waals surface area contributed by atoms with Gasteiger partial charge in [0.15, 0.2) is 5.69 Å². The molecule has 4 aromatic rings. The van der Waals surface area contributed by atoms with E-state index in [2.05, 4.69) is 36.5 Å². The highest BCUT2D eigenvalue weighted by Gasteiger charge is 2.26. The molecule has 0 saturated carbocycles. The number of fused-ring (bicyclic) bond motifs is 1. The van der Waals surface area contributed by atoms with E-state index in [9.17, 15) is 19.3 Å². The number of carbonyl (C=O) groups is 1. The van der Waals surface area contributed by atoms with Gasteiger partial charge in [0, 0.05) is 24.2 Å². The van der Waals surface area contributed by atoms with Gasteiger partial charge < -0.3 is 29.8 Å². The van der Waals surface area contributed by atoms with Crippen molar-refractivity contribution in [2.75, 3.05) is 31.3 Å². The van der Waals surface area contributed by atoms with Crippen LogP contribution in [0.2, 0.25) is 0 Å². The zero-order valence-corrected chi connectivity index (χ0v) is 21.4. The lowest BCUT2D eigenvalue weighted by molar-refractivity contribution is -0.898. The second kappa shape index (κ2) is 11.0. The topological polar surface area (TPSA) is 141 Å². The number of nitrogens with zero attached hydrogens (tertiary/aromatic N) is 7. The number of nitrogens with one attached hydrogen (secondary N) is 2. The van der Waals surface area contributed by atoms with Crippen LogP contribution >= 0.6 is 0 Å². The summed E-state index contributed by atoms with van der Waals surface area (Å²) in [5.74, 6) is 1.90. The summed E-state index contributed by atoms with van der Waals surface area (Å²) in [7, 11) is 5.49. The predicted molar refractivity (Wildman–Crippen MR) is 143 cm³/mol. The molecule has 3 heterocycles. The summed E-state index contributed by atoms with van der Waals surface area (Å²) in [4.78, 5) is 39.9. The number of aryl methyl sites for hydroxylation is 1. The van der Waals surface area contributed by atoms with Gasteiger partial charge in [-0.05, 0) is 40.2 Å². The molecule has 0 fully saturated rings. The van der Waals surface area contributed by atoms with E-state index in [-0.39, 0.29) is 17.2 Å². The van der Waals surface area contributed by atoms with Crippen LogP contribution in [0.15, 0.2) is 55.3 Å². The Hall–Kier alpha value is -5.22. The number of halogens is 1. The first-order valence-corrected chi connectivity index (χ1v) is 11.6. The molecule has 39 heavy (non-hydrogen) atoms. The SMILES string of the molecule is C#Cc1cc(Nc2ncnc3cnc(NC(=O)/C=C/C[N+](C)(C)Cc4c([N+](=O)[O-])ncn4C)cc23)ccc1F. The zero-order chi connectivity index (χ0) is 28.2. The van der Waals surface area contributed by atoms with Gasteiger partial charge in [-0.1, -0.05) is 5.92 Å². The summed E-state index contributed by atoms with van der Waals surface area (Å²) < 4.78 is 15.7. The Morgan fingerprint density at radius 2 is 2.05 bits per heavy atom. The Balaban J connectivity index is 1.45. The van der Waals surface area contributed by atoms with Crippen molar-refractivity contribution in [3.8, 4) is 12.3 Å². The molecule has 3 aromatic heterocycles. The number of carbonyl (C=O) groups excluding carboxylic acids is 1. The molecule has 13 heteroatoms. The molecule has 2 N–H and O–H groups in total. The van der Waals surface area contributed by atoms with Crippen LogP contribution in [0.4, 0.5) is 27.5 Å². The van der Waals surface area contributed by atoms with Crippen LogP contribution in [0.1, 0.15) is 11.3 Å². The maximum absolute atomic E-state index is 13.8. The third-order valence-corrected chi connectivity index (χ3v) is 5.81. The molecule has 1 amide bonds. The van der Waals surface area contributed by atoms with Crippen molar-refractivity contribution in [1.29, 1.82) is 0 Å². The van der Waals surface area contributed by atoms with E-state index in [4.69, 9.17) is 6.42 Å². The maximum Gasteiger partial charge on any atom is 0.390 e. The Labute approximate surface area is 223 Å². The predicted octanol–water partition coefficient (Wildman–Crippen LogP) is 3.30. The van der Waals surface area contributed by atoms with E-state index in [1.807, 2.05) is 14.1 Å². The molecular weight excluding hydrogens is 505 g/mol. The van der Waals surface area contributed by atoms with Gasteiger partial charge in [-0.25, -0.2) is 19.3 Å². The number of terminal acetylenes is 1. The normalized spacial score (nSPS) is 11.5. The monoisotopic (exact) mass is 530 g/mol. The highest BCUT2D eigenvalue weighted by Crippen LogP contribution is 2.25. The van der Waals surface area contributed by atoms with E-state index in [1.54, 1.807) is 23.8 Å². The Morgan fingerprint density at radius 1 is 1.26 bits per heavy atom. The molecule has 0 atom stereocenters. The largest absolute Gasteiger partial charge is 0.390 e. The van der Waals surface area contributed by atoms with Crippen molar-refractivity contribution in [2.24, 2.45) is 7.05 Å². The molecule has 0 radical (unpaired) electrons. The van der Waals surface area contributed by atoms with Crippen LogP contribution in [0.3, 0.4) is 0 Å². The third kappa shape index (κ3) is 6.38. The first-order valence-electron chi connectivity index (χ1n) is 11.6. The van der Waals surface area contributed by atoms with Gasteiger partial charge in [-0.3, -0.25) is 4.79 Å². The van der Waals surface area contributed by atoms with Crippen molar-refractivity contribution in [2.45, 2.75) is 6.54 Å². The minimum atomic E-state index is -0.505. The summed E-state index contributed by atoms with van der Waals surface area (Å²) in [6.07, 6.45) is 12.7. The third-order valence-electron chi connectivity index (χ3n) is 5.81. The summed E-state index contributed by atoms with van der Waals surface area (Å²) in [5.41, 5.74) is 1.67. The molecule has 12 nitrogen and oxygen atoms in total. The standard InChI is InChI=1S/C26H24FN9O3/c1-5-17-11-18(8-9-20(17)27)32-25-19-12-23(28-13-21(19)29-15-30-25)33-24(37)7-6-10-36(3,4)14-22-26(35(38)39)31-16-34(22)2/h1,6-9,11-13,15-16H,10,14H2,2-4H3,(H-,28,29,30,32,33,37)/p+1/b7-6+.